The van der Waals surface area contributed by atoms with Gasteiger partial charge in [0.2, 0.25) is 5.91 Å². The van der Waals surface area contributed by atoms with E-state index in [0.717, 1.165) is 17.7 Å². The van der Waals surface area contributed by atoms with Crippen LogP contribution < -0.4 is 0 Å². The van der Waals surface area contributed by atoms with E-state index < -0.39 is 15.9 Å². The number of thiophene rings is 1. The fourth-order valence-corrected chi connectivity index (χ4v) is 5.86. The van der Waals surface area contributed by atoms with Crippen molar-refractivity contribution < 1.29 is 18.0 Å². The van der Waals surface area contributed by atoms with Gasteiger partial charge < -0.3 is 4.90 Å². The normalized spacial score (nSPS) is 25.2. The third-order valence-corrected chi connectivity index (χ3v) is 7.63. The summed E-state index contributed by atoms with van der Waals surface area (Å²) in [5, 5.41) is 7.57. The largest absolute Gasteiger partial charge is 0.329 e. The molecule has 3 aliphatic rings. The van der Waals surface area contributed by atoms with E-state index in [1.54, 1.807) is 11.3 Å². The fraction of sp³-hybridized carbons (Fsp3) is 0.588. The fourth-order valence-electron chi connectivity index (χ4n) is 3.47. The summed E-state index contributed by atoms with van der Waals surface area (Å²) in [6.07, 6.45) is 2.91. The molecule has 1 saturated heterocycles. The zero-order chi connectivity index (χ0) is 18.3. The van der Waals surface area contributed by atoms with Gasteiger partial charge in [0.1, 0.15) is 5.71 Å². The van der Waals surface area contributed by atoms with Gasteiger partial charge in [-0.15, -0.1) is 11.3 Å². The van der Waals surface area contributed by atoms with Crippen molar-refractivity contribution in [3.8, 4) is 0 Å². The maximum atomic E-state index is 13.0. The number of nitrogens with zero attached hydrogens (tertiary/aromatic N) is 3. The molecular weight excluding hydrogens is 374 g/mol. The molecule has 3 heterocycles. The number of sulfone groups is 1. The molecule has 0 radical (unpaired) electrons. The van der Waals surface area contributed by atoms with Crippen LogP contribution in [-0.4, -0.2) is 59.4 Å². The van der Waals surface area contributed by atoms with Gasteiger partial charge in [-0.05, 0) is 30.7 Å². The molecule has 1 saturated carbocycles. The first-order chi connectivity index (χ1) is 12.4. The van der Waals surface area contributed by atoms with Gasteiger partial charge >= 0.3 is 0 Å². The van der Waals surface area contributed by atoms with Crippen molar-refractivity contribution in [2.75, 3.05) is 11.5 Å². The molecule has 4 rings (SSSR count). The van der Waals surface area contributed by atoms with Crippen molar-refractivity contribution in [1.29, 1.82) is 0 Å². The predicted octanol–water partition coefficient (Wildman–Crippen LogP) is 1.40. The number of hydrogen-bond donors (Lipinski definition) is 0. The molecule has 26 heavy (non-hydrogen) atoms. The Morgan fingerprint density at radius 3 is 2.73 bits per heavy atom. The molecular formula is C17H21N3O4S2. The van der Waals surface area contributed by atoms with Crippen LogP contribution in [0.5, 0.6) is 0 Å². The van der Waals surface area contributed by atoms with Crippen LogP contribution in [-0.2, 0) is 26.0 Å². The molecule has 0 N–H and O–H groups in total. The predicted molar refractivity (Wildman–Crippen MR) is 98.5 cm³/mol. The monoisotopic (exact) mass is 395 g/mol. The van der Waals surface area contributed by atoms with E-state index >= 15 is 0 Å². The second-order valence-electron chi connectivity index (χ2n) is 7.09. The Balaban J connectivity index is 1.54. The van der Waals surface area contributed by atoms with Gasteiger partial charge in [-0.25, -0.2) is 13.4 Å². The third kappa shape index (κ3) is 3.68. The second kappa shape index (κ2) is 6.77. The van der Waals surface area contributed by atoms with Crippen LogP contribution in [0.15, 0.2) is 22.6 Å². The van der Waals surface area contributed by atoms with Gasteiger partial charge in [0.05, 0.1) is 24.1 Å². The Morgan fingerprint density at radius 1 is 1.31 bits per heavy atom. The standard InChI is InChI=1S/C17H21N3O4S2/c21-16-6-5-15(18-20(16)13-7-9-26(23,24)11-13)17(22)19(12-3-4-12)10-14-2-1-8-25-14/h1-2,8,12-13H,3-7,9-11H2. The lowest BCUT2D eigenvalue weighted by molar-refractivity contribution is -0.134. The maximum absolute atomic E-state index is 13.0. The van der Waals surface area contributed by atoms with Crippen molar-refractivity contribution in [2.45, 2.75) is 50.7 Å². The number of hydrogen-bond acceptors (Lipinski definition) is 6. The molecule has 7 nitrogen and oxygen atoms in total. The molecule has 1 atom stereocenters. The number of rotatable bonds is 5. The summed E-state index contributed by atoms with van der Waals surface area (Å²) in [6.45, 7) is 0.561. The average Bonchev–Trinajstić information content (AvgIpc) is 3.19. The number of hydrazone groups is 1. The van der Waals surface area contributed by atoms with Gasteiger partial charge in [0.25, 0.3) is 5.91 Å². The van der Waals surface area contributed by atoms with Crippen molar-refractivity contribution in [3.05, 3.63) is 22.4 Å². The number of carbonyl (C=O) groups excluding carboxylic acids is 2. The van der Waals surface area contributed by atoms with E-state index in [9.17, 15) is 18.0 Å². The minimum absolute atomic E-state index is 0.0642. The van der Waals surface area contributed by atoms with Gasteiger partial charge in [-0.3, -0.25) is 9.59 Å². The lowest BCUT2D eigenvalue weighted by Gasteiger charge is -2.30. The Morgan fingerprint density at radius 2 is 2.12 bits per heavy atom. The first-order valence-electron chi connectivity index (χ1n) is 8.86. The molecule has 0 aromatic carbocycles. The smallest absolute Gasteiger partial charge is 0.270 e. The molecule has 0 bridgehead atoms. The topological polar surface area (TPSA) is 87.1 Å². The van der Waals surface area contributed by atoms with E-state index in [-0.39, 0.29) is 35.8 Å². The Bertz CT molecular complexity index is 843. The van der Waals surface area contributed by atoms with Gasteiger partial charge in [0.15, 0.2) is 9.84 Å². The summed E-state index contributed by atoms with van der Waals surface area (Å²) >= 11 is 1.62. The minimum atomic E-state index is -3.12. The van der Waals surface area contributed by atoms with Crippen LogP contribution >= 0.6 is 11.3 Å². The second-order valence-corrected chi connectivity index (χ2v) is 10.3. The summed E-state index contributed by atoms with van der Waals surface area (Å²) in [5.74, 6) is -0.308. The zero-order valence-electron chi connectivity index (χ0n) is 14.3. The number of carbonyl (C=O) groups is 2. The Kier molecular flexibility index (Phi) is 4.60. The number of amides is 2. The Hall–Kier alpha value is -1.74. The van der Waals surface area contributed by atoms with Gasteiger partial charge in [-0.1, -0.05) is 6.07 Å². The molecule has 2 aliphatic heterocycles. The molecule has 1 unspecified atom stereocenters. The van der Waals surface area contributed by atoms with E-state index in [0.29, 0.717) is 25.1 Å². The van der Waals surface area contributed by atoms with Crippen molar-refractivity contribution in [3.63, 3.8) is 0 Å². The highest BCUT2D eigenvalue weighted by Gasteiger charge is 2.40. The van der Waals surface area contributed by atoms with Crippen LogP contribution in [0, 0.1) is 0 Å². The lowest BCUT2D eigenvalue weighted by atomic mass is 10.1. The summed E-state index contributed by atoms with van der Waals surface area (Å²) in [5.41, 5.74) is 0.373. The van der Waals surface area contributed by atoms with Gasteiger partial charge in [0, 0.05) is 23.8 Å². The van der Waals surface area contributed by atoms with E-state index in [4.69, 9.17) is 0 Å². The molecule has 140 valence electrons. The SMILES string of the molecule is O=C(C1=NN(C2CCS(=O)(=O)C2)C(=O)CC1)N(Cc1cccs1)C1CC1. The van der Waals surface area contributed by atoms with E-state index in [2.05, 4.69) is 5.10 Å². The molecule has 1 aromatic rings. The maximum Gasteiger partial charge on any atom is 0.270 e. The first kappa shape index (κ1) is 17.7. The Labute approximate surface area is 156 Å². The molecule has 9 heteroatoms. The van der Waals surface area contributed by atoms with Crippen LogP contribution in [0.25, 0.3) is 0 Å². The van der Waals surface area contributed by atoms with Crippen LogP contribution in [0.3, 0.4) is 0 Å². The zero-order valence-corrected chi connectivity index (χ0v) is 16.0. The molecule has 0 spiro atoms. The molecule has 2 amide bonds. The summed E-state index contributed by atoms with van der Waals surface area (Å²) in [4.78, 5) is 28.3. The summed E-state index contributed by atoms with van der Waals surface area (Å²) < 4.78 is 23.5. The minimum Gasteiger partial charge on any atom is -0.329 e. The summed E-state index contributed by atoms with van der Waals surface area (Å²) in [7, 11) is -3.12. The summed E-state index contributed by atoms with van der Waals surface area (Å²) in [6, 6.07) is 3.77. The van der Waals surface area contributed by atoms with E-state index in [1.165, 1.54) is 5.01 Å². The van der Waals surface area contributed by atoms with Crippen LogP contribution in [0.4, 0.5) is 0 Å². The van der Waals surface area contributed by atoms with Crippen molar-refractivity contribution in [1.82, 2.24) is 9.91 Å². The highest BCUT2D eigenvalue weighted by Crippen LogP contribution is 2.30. The van der Waals surface area contributed by atoms with Gasteiger partial charge in [-0.2, -0.15) is 5.10 Å². The molecule has 1 aromatic heterocycles. The quantitative estimate of drug-likeness (QED) is 0.754. The highest BCUT2D eigenvalue weighted by molar-refractivity contribution is 7.91. The third-order valence-electron chi connectivity index (χ3n) is 5.02. The van der Waals surface area contributed by atoms with Crippen molar-refractivity contribution >= 4 is 38.7 Å². The molecule has 2 fully saturated rings. The van der Waals surface area contributed by atoms with Crippen LogP contribution in [0.1, 0.15) is 37.0 Å². The van der Waals surface area contributed by atoms with Crippen molar-refractivity contribution in [2.24, 2.45) is 5.10 Å². The average molecular weight is 396 g/mol. The lowest BCUT2D eigenvalue weighted by Crippen LogP contribution is -2.45. The highest BCUT2D eigenvalue weighted by atomic mass is 32.2. The van der Waals surface area contributed by atoms with E-state index in [1.807, 2.05) is 22.4 Å². The van der Waals surface area contributed by atoms with Crippen LogP contribution in [0.2, 0.25) is 0 Å². The first-order valence-corrected chi connectivity index (χ1v) is 11.6. The molecule has 1 aliphatic carbocycles.